The van der Waals surface area contributed by atoms with Gasteiger partial charge >= 0.3 is 0 Å². The van der Waals surface area contributed by atoms with E-state index in [-0.39, 0.29) is 35.0 Å². The minimum absolute atomic E-state index is 0.0664. The van der Waals surface area contributed by atoms with Gasteiger partial charge < -0.3 is 20.6 Å². The predicted molar refractivity (Wildman–Crippen MR) is 140 cm³/mol. The van der Waals surface area contributed by atoms with Crippen LogP contribution in [0.3, 0.4) is 0 Å². The van der Waals surface area contributed by atoms with Gasteiger partial charge in [0, 0.05) is 12.0 Å². The van der Waals surface area contributed by atoms with E-state index in [9.17, 15) is 19.5 Å². The normalized spacial score (nSPS) is 42.4. The van der Waals surface area contributed by atoms with E-state index < -0.39 is 11.6 Å². The van der Waals surface area contributed by atoms with Crippen molar-refractivity contribution in [2.45, 2.75) is 103 Å². The number of allylic oxidation sites excluding steroid dienone is 2. The molecule has 2 amide bonds. The minimum Gasteiger partial charge on any atom is -0.385 e. The highest BCUT2D eigenvalue weighted by Crippen LogP contribution is 2.67. The zero-order chi connectivity index (χ0) is 26.4. The molecule has 3 saturated carbocycles. The Kier molecular flexibility index (Phi) is 7.01. The van der Waals surface area contributed by atoms with Gasteiger partial charge in [-0.25, -0.2) is 0 Å². The van der Waals surface area contributed by atoms with E-state index in [4.69, 9.17) is 4.84 Å². The first kappa shape index (κ1) is 26.4. The number of hydrogen-bond donors (Lipinski definition) is 3. The minimum atomic E-state index is -1.17. The molecule has 1 aliphatic heterocycles. The van der Waals surface area contributed by atoms with Gasteiger partial charge in [0.05, 0.1) is 5.71 Å². The highest BCUT2D eigenvalue weighted by molar-refractivity contribution is 5.96. The van der Waals surface area contributed by atoms with Crippen LogP contribution in [0.4, 0.5) is 0 Å². The number of carbonyl (C=O) groups is 3. The SMILES string of the molecule is CC(=O)[C@@]1(O)CC[C@H]2[C@H]3CCC4=C/C(=N\OCC(=O)N[C@@H]5CCCCNC5=O)CC[C@]4(C)[C@H]3CC[C@@]21C. The van der Waals surface area contributed by atoms with Crippen molar-refractivity contribution < 1.29 is 24.3 Å². The van der Waals surface area contributed by atoms with Crippen LogP contribution in [0.5, 0.6) is 0 Å². The molecule has 5 rings (SSSR count). The smallest absolute Gasteiger partial charge is 0.261 e. The molecule has 0 aromatic heterocycles. The molecule has 8 heteroatoms. The van der Waals surface area contributed by atoms with Crippen LogP contribution in [0.1, 0.15) is 91.4 Å². The molecule has 37 heavy (non-hydrogen) atoms. The van der Waals surface area contributed by atoms with E-state index in [0.29, 0.717) is 37.1 Å². The van der Waals surface area contributed by atoms with Crippen molar-refractivity contribution >= 4 is 23.3 Å². The third-order valence-electron chi connectivity index (χ3n) is 11.0. The van der Waals surface area contributed by atoms with Gasteiger partial charge in [-0.05, 0) is 107 Å². The largest absolute Gasteiger partial charge is 0.385 e. The molecule has 4 aliphatic carbocycles. The molecular formula is C29H43N3O5. The van der Waals surface area contributed by atoms with E-state index in [0.717, 1.165) is 63.5 Å². The summed E-state index contributed by atoms with van der Waals surface area (Å²) in [5.74, 6) is 0.963. The number of rotatable bonds is 5. The Morgan fingerprint density at radius 1 is 1.11 bits per heavy atom. The van der Waals surface area contributed by atoms with Crippen LogP contribution in [0.2, 0.25) is 0 Å². The van der Waals surface area contributed by atoms with Gasteiger partial charge in [0.1, 0.15) is 11.6 Å². The van der Waals surface area contributed by atoms with Gasteiger partial charge in [-0.3, -0.25) is 14.4 Å². The fourth-order valence-corrected chi connectivity index (χ4v) is 8.72. The molecule has 0 unspecified atom stereocenters. The van der Waals surface area contributed by atoms with E-state index in [1.54, 1.807) is 6.92 Å². The number of fused-ring (bicyclic) bond motifs is 5. The second-order valence-electron chi connectivity index (χ2n) is 12.7. The van der Waals surface area contributed by atoms with E-state index in [1.807, 2.05) is 0 Å². The molecular weight excluding hydrogens is 470 g/mol. The van der Waals surface area contributed by atoms with Gasteiger partial charge in [0.15, 0.2) is 12.4 Å². The second-order valence-corrected chi connectivity index (χ2v) is 12.7. The molecule has 204 valence electrons. The maximum atomic E-state index is 12.4. The summed E-state index contributed by atoms with van der Waals surface area (Å²) in [6.45, 7) is 6.58. The quantitative estimate of drug-likeness (QED) is 0.487. The van der Waals surface area contributed by atoms with Crippen molar-refractivity contribution in [3.63, 3.8) is 0 Å². The molecule has 4 fully saturated rings. The molecule has 3 N–H and O–H groups in total. The summed E-state index contributed by atoms with van der Waals surface area (Å²) in [5.41, 5.74) is 0.911. The Balaban J connectivity index is 1.22. The Bertz CT molecular complexity index is 1020. The molecule has 0 radical (unpaired) electrons. The summed E-state index contributed by atoms with van der Waals surface area (Å²) in [5, 5.41) is 21.2. The fraction of sp³-hybridized carbons (Fsp3) is 0.793. The summed E-state index contributed by atoms with van der Waals surface area (Å²) < 4.78 is 0. The number of nitrogens with one attached hydrogen (secondary N) is 2. The number of Topliss-reactive ketones (excluding diaryl/α,β-unsaturated/α-hetero) is 1. The number of amides is 2. The van der Waals surface area contributed by atoms with Crippen molar-refractivity contribution in [2.24, 2.45) is 33.7 Å². The van der Waals surface area contributed by atoms with Gasteiger partial charge in [0.25, 0.3) is 5.91 Å². The second kappa shape index (κ2) is 9.83. The third kappa shape index (κ3) is 4.43. The third-order valence-corrected chi connectivity index (χ3v) is 11.0. The molecule has 1 saturated heterocycles. The summed E-state index contributed by atoms with van der Waals surface area (Å²) in [6, 6.07) is -0.498. The molecule has 5 aliphatic rings. The van der Waals surface area contributed by atoms with Crippen molar-refractivity contribution in [1.82, 2.24) is 10.6 Å². The van der Waals surface area contributed by atoms with Crippen molar-refractivity contribution in [1.29, 1.82) is 0 Å². The van der Waals surface area contributed by atoms with Crippen LogP contribution in [-0.4, -0.2) is 53.2 Å². The highest BCUT2D eigenvalue weighted by atomic mass is 16.6. The molecule has 8 nitrogen and oxygen atoms in total. The first-order chi connectivity index (χ1) is 17.6. The lowest BCUT2D eigenvalue weighted by Gasteiger charge is -2.59. The fourth-order valence-electron chi connectivity index (χ4n) is 8.72. The zero-order valence-electron chi connectivity index (χ0n) is 22.6. The first-order valence-corrected chi connectivity index (χ1v) is 14.3. The average molecular weight is 514 g/mol. The predicted octanol–water partition coefficient (Wildman–Crippen LogP) is 3.43. The van der Waals surface area contributed by atoms with Crippen molar-refractivity contribution in [3.05, 3.63) is 11.6 Å². The number of nitrogens with zero attached hydrogens (tertiary/aromatic N) is 1. The molecule has 7 atom stereocenters. The molecule has 0 bridgehead atoms. The highest BCUT2D eigenvalue weighted by Gasteiger charge is 2.65. The van der Waals surface area contributed by atoms with E-state index >= 15 is 0 Å². The number of ketones is 1. The molecule has 0 aromatic rings. The van der Waals surface area contributed by atoms with Crippen LogP contribution in [0.15, 0.2) is 16.8 Å². The first-order valence-electron chi connectivity index (χ1n) is 14.3. The van der Waals surface area contributed by atoms with Gasteiger partial charge in [-0.15, -0.1) is 0 Å². The lowest BCUT2D eigenvalue weighted by Crippen LogP contribution is -2.57. The van der Waals surface area contributed by atoms with Crippen LogP contribution in [-0.2, 0) is 19.2 Å². The monoisotopic (exact) mass is 513 g/mol. The van der Waals surface area contributed by atoms with Gasteiger partial charge in [-0.1, -0.05) is 24.6 Å². The van der Waals surface area contributed by atoms with Crippen LogP contribution < -0.4 is 10.6 Å². The summed E-state index contributed by atoms with van der Waals surface area (Å²) >= 11 is 0. The maximum Gasteiger partial charge on any atom is 0.261 e. The Hall–Kier alpha value is -2.22. The Morgan fingerprint density at radius 3 is 2.68 bits per heavy atom. The van der Waals surface area contributed by atoms with Crippen molar-refractivity contribution in [2.75, 3.05) is 13.2 Å². The summed E-state index contributed by atoms with van der Waals surface area (Å²) in [7, 11) is 0. The number of oxime groups is 1. The molecule has 1 heterocycles. The standard InChI is InChI=1S/C29H43N3O5/c1-18(33)29(36)14-11-23-21-8-7-19-16-20(9-12-27(19,2)22(21)10-13-28(23,29)3)32-37-17-25(34)31-24-6-4-5-15-30-26(24)35/h16,21-24,36H,4-15,17H2,1-3H3,(H,30,35)(H,31,34)/b32-20-/t21-,22-,23-,24+,27-,28-,29-/m0/s1. The Morgan fingerprint density at radius 2 is 1.89 bits per heavy atom. The topological polar surface area (TPSA) is 117 Å². The number of aliphatic hydroxyl groups is 1. The van der Waals surface area contributed by atoms with Gasteiger partial charge in [-0.2, -0.15) is 0 Å². The zero-order valence-corrected chi connectivity index (χ0v) is 22.6. The molecule has 0 spiro atoms. The number of carbonyl (C=O) groups excluding carboxylic acids is 3. The summed E-state index contributed by atoms with van der Waals surface area (Å²) in [6.07, 6.45) is 12.0. The van der Waals surface area contributed by atoms with Crippen LogP contribution >= 0.6 is 0 Å². The average Bonchev–Trinajstić information content (AvgIpc) is 2.99. The Labute approximate surface area is 220 Å². The van der Waals surface area contributed by atoms with E-state index in [2.05, 4.69) is 35.7 Å². The van der Waals surface area contributed by atoms with Gasteiger partial charge in [0.2, 0.25) is 5.91 Å². The van der Waals surface area contributed by atoms with E-state index in [1.165, 1.54) is 5.57 Å². The number of hydrogen-bond acceptors (Lipinski definition) is 6. The van der Waals surface area contributed by atoms with Crippen LogP contribution in [0.25, 0.3) is 0 Å². The molecule has 0 aromatic carbocycles. The van der Waals surface area contributed by atoms with Crippen LogP contribution in [0, 0.1) is 28.6 Å². The summed E-state index contributed by atoms with van der Waals surface area (Å²) in [4.78, 5) is 42.2. The lowest BCUT2D eigenvalue weighted by atomic mass is 9.46. The van der Waals surface area contributed by atoms with Crippen molar-refractivity contribution in [3.8, 4) is 0 Å². The maximum absolute atomic E-state index is 12.4. The lowest BCUT2D eigenvalue weighted by molar-refractivity contribution is -0.159.